The minimum atomic E-state index is -0.241. The molecule has 2 aliphatic rings. The molecule has 1 aromatic carbocycles. The Labute approximate surface area is 189 Å². The monoisotopic (exact) mass is 460 g/mol. The van der Waals surface area contributed by atoms with E-state index >= 15 is 0 Å². The van der Waals surface area contributed by atoms with E-state index in [-0.39, 0.29) is 30.9 Å². The third kappa shape index (κ3) is 4.90. The van der Waals surface area contributed by atoms with Crippen molar-refractivity contribution in [3.8, 4) is 11.5 Å². The van der Waals surface area contributed by atoms with Crippen LogP contribution in [0.3, 0.4) is 0 Å². The summed E-state index contributed by atoms with van der Waals surface area (Å²) in [6.45, 7) is 4.20. The maximum absolute atomic E-state index is 12.7. The topological polar surface area (TPSA) is 110 Å². The maximum atomic E-state index is 12.7. The summed E-state index contributed by atoms with van der Waals surface area (Å²) >= 11 is 1.40. The number of ketones is 1. The summed E-state index contributed by atoms with van der Waals surface area (Å²) in [4.78, 5) is 45.3. The molecule has 1 saturated heterocycles. The number of hydrogen-bond donors (Lipinski definition) is 1. The van der Waals surface area contributed by atoms with E-state index in [2.05, 4.69) is 10.3 Å². The fraction of sp³-hybridized carbons (Fsp3) is 0.429. The number of amides is 2. The van der Waals surface area contributed by atoms with Gasteiger partial charge in [-0.25, -0.2) is 4.98 Å². The molecule has 32 heavy (non-hydrogen) atoms. The Bertz CT molecular complexity index is 1030. The molecular formula is C21H24N4O6S. The zero-order chi connectivity index (χ0) is 22.7. The number of nitrogens with one attached hydrogen (secondary N) is 1. The van der Waals surface area contributed by atoms with Crippen LogP contribution in [0.5, 0.6) is 11.5 Å². The second kappa shape index (κ2) is 9.63. The number of hydrogen-bond acceptors (Lipinski definition) is 9. The van der Waals surface area contributed by atoms with Crippen LogP contribution in [-0.2, 0) is 16.1 Å². The predicted octanol–water partition coefficient (Wildman–Crippen LogP) is 1.62. The van der Waals surface area contributed by atoms with Gasteiger partial charge in [0.25, 0.3) is 5.91 Å². The van der Waals surface area contributed by atoms with Crippen molar-refractivity contribution in [2.75, 3.05) is 51.9 Å². The molecule has 1 fully saturated rings. The van der Waals surface area contributed by atoms with Crippen LogP contribution in [-0.4, -0.2) is 79.0 Å². The van der Waals surface area contributed by atoms with E-state index in [0.29, 0.717) is 61.2 Å². The van der Waals surface area contributed by atoms with Gasteiger partial charge in [0, 0.05) is 50.3 Å². The van der Waals surface area contributed by atoms with Crippen LogP contribution < -0.4 is 14.8 Å². The van der Waals surface area contributed by atoms with E-state index in [1.165, 1.54) is 18.3 Å². The Morgan fingerprint density at radius 1 is 1.16 bits per heavy atom. The van der Waals surface area contributed by atoms with Crippen molar-refractivity contribution in [2.45, 2.75) is 13.5 Å². The predicted molar refractivity (Wildman–Crippen MR) is 116 cm³/mol. The van der Waals surface area contributed by atoms with Crippen LogP contribution in [0.1, 0.15) is 32.8 Å². The Kier molecular flexibility index (Phi) is 6.68. The van der Waals surface area contributed by atoms with Gasteiger partial charge in [-0.15, -0.1) is 11.3 Å². The molecule has 0 radical (unpaired) electrons. The van der Waals surface area contributed by atoms with Gasteiger partial charge in [-0.1, -0.05) is 0 Å². The second-order valence-corrected chi connectivity index (χ2v) is 8.43. The van der Waals surface area contributed by atoms with Gasteiger partial charge in [0.1, 0.15) is 10.7 Å². The molecule has 0 unspecified atom stereocenters. The molecule has 4 rings (SSSR count). The fourth-order valence-corrected chi connectivity index (χ4v) is 4.34. The number of carbonyl (C=O) groups excluding carboxylic acids is 3. The number of Topliss-reactive ketones (excluding diaryl/α,β-unsaturated/α-hetero) is 1. The number of methoxy groups -OCH3 is 1. The SMILES string of the molecule is COCc1nc(C(=O)N2CCN(CC(=O)Nc3cc4c(cc3C(C)=O)OCO4)CC2)cs1. The second-order valence-electron chi connectivity index (χ2n) is 7.48. The fourth-order valence-electron chi connectivity index (χ4n) is 3.60. The molecule has 10 nitrogen and oxygen atoms in total. The average molecular weight is 461 g/mol. The number of aromatic nitrogens is 1. The van der Waals surface area contributed by atoms with Crippen molar-refractivity contribution in [3.05, 3.63) is 33.8 Å². The molecule has 2 aromatic rings. The van der Waals surface area contributed by atoms with Crippen LogP contribution in [0, 0.1) is 0 Å². The van der Waals surface area contributed by atoms with Crippen LogP contribution in [0.2, 0.25) is 0 Å². The van der Waals surface area contributed by atoms with E-state index < -0.39 is 0 Å². The van der Waals surface area contributed by atoms with Crippen molar-refractivity contribution in [1.29, 1.82) is 0 Å². The smallest absolute Gasteiger partial charge is 0.273 e. The molecule has 2 amide bonds. The molecule has 0 aliphatic carbocycles. The standard InChI is InChI=1S/C21H24N4O6S/c1-13(26)14-7-17-18(31-12-30-17)8-15(14)22-19(27)9-24-3-5-25(6-4-24)21(28)16-11-32-20(23-16)10-29-2/h7-8,11H,3-6,9-10,12H2,1-2H3,(H,22,27). The lowest BCUT2D eigenvalue weighted by atomic mass is 10.1. The van der Waals surface area contributed by atoms with Crippen molar-refractivity contribution >= 4 is 34.6 Å². The molecule has 3 heterocycles. The number of rotatable bonds is 7. The van der Waals surface area contributed by atoms with Crippen LogP contribution >= 0.6 is 11.3 Å². The highest BCUT2D eigenvalue weighted by molar-refractivity contribution is 7.09. The first-order valence-electron chi connectivity index (χ1n) is 10.1. The highest BCUT2D eigenvalue weighted by atomic mass is 32.1. The first kappa shape index (κ1) is 22.2. The Morgan fingerprint density at radius 3 is 2.56 bits per heavy atom. The first-order valence-corrected chi connectivity index (χ1v) is 11.0. The Balaban J connectivity index is 1.31. The summed E-state index contributed by atoms with van der Waals surface area (Å²) in [6, 6.07) is 3.19. The Morgan fingerprint density at radius 2 is 1.88 bits per heavy atom. The molecular weight excluding hydrogens is 436 g/mol. The average Bonchev–Trinajstić information content (AvgIpc) is 3.42. The molecule has 2 aliphatic heterocycles. The lowest BCUT2D eigenvalue weighted by molar-refractivity contribution is -0.117. The van der Waals surface area contributed by atoms with Crippen LogP contribution in [0.15, 0.2) is 17.5 Å². The molecule has 1 N–H and O–H groups in total. The highest BCUT2D eigenvalue weighted by Gasteiger charge is 2.26. The minimum absolute atomic E-state index is 0.0850. The summed E-state index contributed by atoms with van der Waals surface area (Å²) in [5.74, 6) is 0.451. The third-order valence-electron chi connectivity index (χ3n) is 5.23. The molecule has 1 aromatic heterocycles. The van der Waals surface area contributed by atoms with Crippen molar-refractivity contribution in [1.82, 2.24) is 14.8 Å². The van der Waals surface area contributed by atoms with E-state index in [4.69, 9.17) is 14.2 Å². The van der Waals surface area contributed by atoms with E-state index in [0.717, 1.165) is 5.01 Å². The molecule has 11 heteroatoms. The molecule has 0 bridgehead atoms. The zero-order valence-electron chi connectivity index (χ0n) is 17.9. The summed E-state index contributed by atoms with van der Waals surface area (Å²) in [6.07, 6.45) is 0. The highest BCUT2D eigenvalue weighted by Crippen LogP contribution is 2.37. The van der Waals surface area contributed by atoms with Gasteiger partial charge < -0.3 is 24.4 Å². The number of nitrogens with zero attached hydrogens (tertiary/aromatic N) is 3. The number of benzene rings is 1. The Hall–Kier alpha value is -3.02. The van der Waals surface area contributed by atoms with Crippen molar-refractivity contribution in [2.24, 2.45) is 0 Å². The minimum Gasteiger partial charge on any atom is -0.454 e. The van der Waals surface area contributed by atoms with E-state index in [1.54, 1.807) is 29.5 Å². The molecule has 170 valence electrons. The lowest BCUT2D eigenvalue weighted by Gasteiger charge is -2.34. The maximum Gasteiger partial charge on any atom is 0.273 e. The quantitative estimate of drug-likeness (QED) is 0.621. The number of anilines is 1. The number of piperazine rings is 1. The van der Waals surface area contributed by atoms with Gasteiger partial charge in [-0.05, 0) is 13.0 Å². The molecule has 0 atom stereocenters. The van der Waals surface area contributed by atoms with Crippen molar-refractivity contribution < 1.29 is 28.6 Å². The number of carbonyl (C=O) groups is 3. The molecule has 0 saturated carbocycles. The zero-order valence-corrected chi connectivity index (χ0v) is 18.7. The summed E-state index contributed by atoms with van der Waals surface area (Å²) in [5, 5.41) is 5.31. The van der Waals surface area contributed by atoms with Gasteiger partial charge in [-0.3, -0.25) is 19.3 Å². The normalized spacial score (nSPS) is 15.6. The first-order chi connectivity index (χ1) is 15.4. The van der Waals surface area contributed by atoms with Gasteiger partial charge in [0.05, 0.1) is 18.8 Å². The van der Waals surface area contributed by atoms with Crippen LogP contribution in [0.25, 0.3) is 0 Å². The van der Waals surface area contributed by atoms with Gasteiger partial charge in [-0.2, -0.15) is 0 Å². The van der Waals surface area contributed by atoms with Crippen LogP contribution in [0.4, 0.5) is 5.69 Å². The third-order valence-corrected chi connectivity index (χ3v) is 6.05. The number of fused-ring (bicyclic) bond motifs is 1. The van der Waals surface area contributed by atoms with Crippen molar-refractivity contribution in [3.63, 3.8) is 0 Å². The summed E-state index contributed by atoms with van der Waals surface area (Å²) in [7, 11) is 1.59. The lowest BCUT2D eigenvalue weighted by Crippen LogP contribution is -2.50. The van der Waals surface area contributed by atoms with E-state index in [1.807, 2.05) is 4.90 Å². The summed E-state index contributed by atoms with van der Waals surface area (Å²) < 4.78 is 15.7. The van der Waals surface area contributed by atoms with Gasteiger partial charge in [0.2, 0.25) is 12.7 Å². The largest absolute Gasteiger partial charge is 0.454 e. The summed E-state index contributed by atoms with van der Waals surface area (Å²) in [5.41, 5.74) is 1.19. The van der Waals surface area contributed by atoms with Gasteiger partial charge in [0.15, 0.2) is 17.3 Å². The molecule has 0 spiro atoms. The number of thiazole rings is 1. The van der Waals surface area contributed by atoms with Gasteiger partial charge >= 0.3 is 0 Å². The van der Waals surface area contributed by atoms with E-state index in [9.17, 15) is 14.4 Å². The number of ether oxygens (including phenoxy) is 3.